The molecule has 1 aromatic heterocycles. The van der Waals surface area contributed by atoms with Crippen molar-refractivity contribution in [2.45, 2.75) is 55.8 Å². The number of halogens is 3. The van der Waals surface area contributed by atoms with Gasteiger partial charge in [0.15, 0.2) is 14.9 Å². The lowest BCUT2D eigenvalue weighted by atomic mass is 10.00. The van der Waals surface area contributed by atoms with E-state index in [-0.39, 0.29) is 44.8 Å². The topological polar surface area (TPSA) is 96.4 Å². The number of nitrogens with one attached hydrogen (secondary N) is 1. The Morgan fingerprint density at radius 1 is 1.20 bits per heavy atom. The van der Waals surface area contributed by atoms with E-state index in [0.717, 1.165) is 31.4 Å². The fourth-order valence-corrected chi connectivity index (χ4v) is 5.87. The second-order valence-electron chi connectivity index (χ2n) is 9.42. The number of carbonyl (C=O) groups excluding carboxylic acids is 2. The second-order valence-corrected chi connectivity index (χ2v) is 12.1. The van der Waals surface area contributed by atoms with Gasteiger partial charge in [-0.2, -0.15) is 0 Å². The van der Waals surface area contributed by atoms with Crippen LogP contribution in [0.2, 0.25) is 5.02 Å². The van der Waals surface area contributed by atoms with Crippen molar-refractivity contribution >= 4 is 33.3 Å². The lowest BCUT2D eigenvalue weighted by Crippen LogP contribution is -2.49. The van der Waals surface area contributed by atoms with Gasteiger partial charge in [-0.3, -0.25) is 9.59 Å². The molecule has 2 aromatic rings. The van der Waals surface area contributed by atoms with Gasteiger partial charge in [-0.15, -0.1) is 0 Å². The summed E-state index contributed by atoms with van der Waals surface area (Å²) in [7, 11) is -3.61. The van der Waals surface area contributed by atoms with Crippen LogP contribution in [-0.4, -0.2) is 48.0 Å². The molecule has 0 spiro atoms. The molecule has 4 atom stereocenters. The molecule has 2 amide bonds. The van der Waals surface area contributed by atoms with E-state index in [0.29, 0.717) is 6.42 Å². The molecule has 7 nitrogen and oxygen atoms in total. The summed E-state index contributed by atoms with van der Waals surface area (Å²) in [6, 6.07) is 2.97. The minimum atomic E-state index is -3.61. The average molecular weight is 524 g/mol. The molecule has 3 fully saturated rings. The fraction of sp³-hybridized carbons (Fsp3) is 0.458. The van der Waals surface area contributed by atoms with E-state index in [1.54, 1.807) is 0 Å². The van der Waals surface area contributed by atoms with Gasteiger partial charge in [0.05, 0.1) is 16.8 Å². The van der Waals surface area contributed by atoms with Crippen LogP contribution < -0.4 is 5.32 Å². The largest absolute Gasteiger partial charge is 0.347 e. The molecule has 2 saturated carbocycles. The van der Waals surface area contributed by atoms with E-state index in [9.17, 15) is 26.8 Å². The normalized spacial score (nSPS) is 24.1. The standard InChI is InChI=1S/C24H24ClF2N3O4S/c1-2-35(33,34)21-9-13(5-6-28-21)24(32)30-19-7-14(19)8-20(30)23(31)29-22(12-3-4-12)15-10-18(27)16(25)11-17(15)26/h5-6,9-12,14,19-20,22H,2-4,7-8H2,1H3,(H,29,31)/t14-,19-,20-,22?/m1/s1. The molecule has 1 N–H and O–H groups in total. The van der Waals surface area contributed by atoms with Crippen LogP contribution in [0.15, 0.2) is 35.5 Å². The molecule has 186 valence electrons. The van der Waals surface area contributed by atoms with Crippen LogP contribution in [0.5, 0.6) is 0 Å². The van der Waals surface area contributed by atoms with Gasteiger partial charge in [-0.05, 0) is 61.8 Å². The molecule has 3 aliphatic rings. The Labute approximate surface area is 206 Å². The SMILES string of the molecule is CCS(=O)(=O)c1cc(C(=O)N2[C@@H](C(=O)NC(c3cc(F)c(Cl)cc3F)C3CC3)C[C@H]3C[C@H]32)ccn1. The zero-order valence-electron chi connectivity index (χ0n) is 18.9. The van der Waals surface area contributed by atoms with Crippen LogP contribution in [-0.2, 0) is 14.6 Å². The summed E-state index contributed by atoms with van der Waals surface area (Å²) in [4.78, 5) is 32.1. The number of piperidine rings is 1. The lowest BCUT2D eigenvalue weighted by Gasteiger charge is -2.29. The van der Waals surface area contributed by atoms with E-state index < -0.39 is 45.4 Å². The first kappa shape index (κ1) is 24.1. The molecule has 5 rings (SSSR count). The van der Waals surface area contributed by atoms with Crippen LogP contribution in [0.25, 0.3) is 0 Å². The van der Waals surface area contributed by atoms with Crippen molar-refractivity contribution in [2.24, 2.45) is 11.8 Å². The highest BCUT2D eigenvalue weighted by Crippen LogP contribution is 2.49. The summed E-state index contributed by atoms with van der Waals surface area (Å²) in [5, 5.41) is 2.34. The number of aromatic nitrogens is 1. The number of carbonyl (C=O) groups is 2. The first-order chi connectivity index (χ1) is 16.6. The number of hydrogen-bond acceptors (Lipinski definition) is 5. The van der Waals surface area contributed by atoms with Crippen molar-refractivity contribution in [3.63, 3.8) is 0 Å². The van der Waals surface area contributed by atoms with E-state index >= 15 is 0 Å². The summed E-state index contributed by atoms with van der Waals surface area (Å²) in [6.07, 6.45) is 4.02. The van der Waals surface area contributed by atoms with Crippen molar-refractivity contribution in [3.8, 4) is 0 Å². The molecule has 0 radical (unpaired) electrons. The molecule has 1 aliphatic heterocycles. The van der Waals surface area contributed by atoms with E-state index in [1.807, 2.05) is 0 Å². The summed E-state index contributed by atoms with van der Waals surface area (Å²) in [5.41, 5.74) is 0.175. The summed E-state index contributed by atoms with van der Waals surface area (Å²) < 4.78 is 53.2. The molecule has 0 bridgehead atoms. The molecule has 2 heterocycles. The zero-order valence-corrected chi connectivity index (χ0v) is 20.5. The third kappa shape index (κ3) is 4.53. The summed E-state index contributed by atoms with van der Waals surface area (Å²) in [5.74, 6) is -2.35. The first-order valence-corrected chi connectivity index (χ1v) is 13.6. The number of benzene rings is 1. The Morgan fingerprint density at radius 3 is 2.63 bits per heavy atom. The Kier molecular flexibility index (Phi) is 6.07. The predicted molar refractivity (Wildman–Crippen MR) is 123 cm³/mol. The maximum absolute atomic E-state index is 14.6. The van der Waals surface area contributed by atoms with Gasteiger partial charge in [-0.25, -0.2) is 22.2 Å². The van der Waals surface area contributed by atoms with Gasteiger partial charge in [0.2, 0.25) is 5.91 Å². The lowest BCUT2D eigenvalue weighted by molar-refractivity contribution is -0.126. The number of fused-ring (bicyclic) bond motifs is 1. The van der Waals surface area contributed by atoms with Crippen LogP contribution in [0.4, 0.5) is 8.78 Å². The first-order valence-electron chi connectivity index (χ1n) is 11.6. The molecule has 1 saturated heterocycles. The van der Waals surface area contributed by atoms with Gasteiger partial charge >= 0.3 is 0 Å². The number of nitrogens with zero attached hydrogens (tertiary/aromatic N) is 2. The summed E-state index contributed by atoms with van der Waals surface area (Å²) in [6.45, 7) is 1.49. The Morgan fingerprint density at radius 2 is 1.94 bits per heavy atom. The molecule has 35 heavy (non-hydrogen) atoms. The molecule has 11 heteroatoms. The molecular formula is C24H24ClF2N3O4S. The highest BCUT2D eigenvalue weighted by atomic mass is 35.5. The minimum absolute atomic E-state index is 0.0314. The van der Waals surface area contributed by atoms with Crippen molar-refractivity contribution < 1.29 is 26.8 Å². The van der Waals surface area contributed by atoms with Gasteiger partial charge < -0.3 is 10.2 Å². The molecule has 1 unspecified atom stereocenters. The van der Waals surface area contributed by atoms with Gasteiger partial charge in [0.25, 0.3) is 5.91 Å². The van der Waals surface area contributed by atoms with Gasteiger partial charge in [0.1, 0.15) is 17.7 Å². The van der Waals surface area contributed by atoms with E-state index in [4.69, 9.17) is 11.6 Å². The van der Waals surface area contributed by atoms with Gasteiger partial charge in [0, 0.05) is 23.4 Å². The van der Waals surface area contributed by atoms with Crippen LogP contribution in [0.1, 0.15) is 54.6 Å². The van der Waals surface area contributed by atoms with Crippen LogP contribution in [0, 0.1) is 23.5 Å². The predicted octanol–water partition coefficient (Wildman–Crippen LogP) is 3.68. The third-order valence-corrected chi connectivity index (χ3v) is 9.00. The van der Waals surface area contributed by atoms with Crippen molar-refractivity contribution in [1.82, 2.24) is 15.2 Å². The Bertz CT molecular complexity index is 1320. The second kappa shape index (κ2) is 8.81. The monoisotopic (exact) mass is 523 g/mol. The quantitative estimate of drug-likeness (QED) is 0.558. The van der Waals surface area contributed by atoms with Crippen molar-refractivity contribution in [3.05, 3.63) is 58.2 Å². The highest BCUT2D eigenvalue weighted by Gasteiger charge is 2.56. The third-order valence-electron chi connectivity index (χ3n) is 7.09. The minimum Gasteiger partial charge on any atom is -0.347 e. The van der Waals surface area contributed by atoms with Crippen LogP contribution in [0.3, 0.4) is 0 Å². The Balaban J connectivity index is 1.39. The Hall–Kier alpha value is -2.59. The van der Waals surface area contributed by atoms with Crippen LogP contribution >= 0.6 is 11.6 Å². The number of pyridine rings is 1. The maximum Gasteiger partial charge on any atom is 0.254 e. The average Bonchev–Trinajstić information content (AvgIpc) is 3.77. The smallest absolute Gasteiger partial charge is 0.254 e. The molecule has 2 aliphatic carbocycles. The number of sulfone groups is 1. The number of rotatable bonds is 7. The highest BCUT2D eigenvalue weighted by molar-refractivity contribution is 7.91. The zero-order chi connectivity index (χ0) is 25.1. The number of likely N-dealkylation sites (tertiary alicyclic amines) is 1. The molecule has 1 aromatic carbocycles. The van der Waals surface area contributed by atoms with Gasteiger partial charge in [-0.1, -0.05) is 18.5 Å². The molecular weight excluding hydrogens is 500 g/mol. The summed E-state index contributed by atoms with van der Waals surface area (Å²) >= 11 is 5.69. The van der Waals surface area contributed by atoms with Crippen molar-refractivity contribution in [1.29, 1.82) is 0 Å². The number of hydrogen-bond donors (Lipinski definition) is 1. The van der Waals surface area contributed by atoms with E-state index in [2.05, 4.69) is 10.3 Å². The van der Waals surface area contributed by atoms with E-state index in [1.165, 1.54) is 30.2 Å². The number of amides is 2. The van der Waals surface area contributed by atoms with Crippen molar-refractivity contribution in [2.75, 3.05) is 5.75 Å². The fourth-order valence-electron chi connectivity index (χ4n) is 4.90. The maximum atomic E-state index is 14.6.